The molecule has 0 saturated carbocycles. The van der Waals surface area contributed by atoms with E-state index in [1.807, 2.05) is 24.3 Å². The van der Waals surface area contributed by atoms with E-state index in [0.717, 1.165) is 15.8 Å². The largest absolute Gasteiger partial charge is 0.493 e. The van der Waals surface area contributed by atoms with Crippen LogP contribution in [0.3, 0.4) is 0 Å². The SMILES string of the molecule is COc1cc(/C=C/C(=O)N(Cc2cccnc2)c2nc3c(Cl)cccc3s2)cc(OC)c1OC. The van der Waals surface area contributed by atoms with E-state index < -0.39 is 0 Å². The minimum atomic E-state index is -0.243. The molecule has 9 heteroatoms. The van der Waals surface area contributed by atoms with Gasteiger partial charge in [-0.05, 0) is 47.5 Å². The first-order chi connectivity index (χ1) is 16.5. The first-order valence-corrected chi connectivity index (χ1v) is 11.5. The molecule has 0 bridgehead atoms. The van der Waals surface area contributed by atoms with E-state index in [-0.39, 0.29) is 5.91 Å². The van der Waals surface area contributed by atoms with Gasteiger partial charge in [0.1, 0.15) is 5.52 Å². The van der Waals surface area contributed by atoms with Crippen molar-refractivity contribution in [2.45, 2.75) is 6.54 Å². The summed E-state index contributed by atoms with van der Waals surface area (Å²) in [6.07, 6.45) is 6.61. The fourth-order valence-corrected chi connectivity index (χ4v) is 4.66. The average molecular weight is 496 g/mol. The maximum absolute atomic E-state index is 13.4. The van der Waals surface area contributed by atoms with Gasteiger partial charge in [0.05, 0.1) is 37.6 Å². The van der Waals surface area contributed by atoms with Crippen molar-refractivity contribution in [3.8, 4) is 17.2 Å². The van der Waals surface area contributed by atoms with E-state index in [9.17, 15) is 4.79 Å². The number of fused-ring (bicyclic) bond motifs is 1. The van der Waals surface area contributed by atoms with Crippen LogP contribution in [0.2, 0.25) is 5.02 Å². The molecule has 2 aromatic carbocycles. The van der Waals surface area contributed by atoms with E-state index in [2.05, 4.69) is 9.97 Å². The molecule has 2 heterocycles. The second-order valence-corrected chi connectivity index (χ2v) is 8.58. The Balaban J connectivity index is 1.69. The number of carbonyl (C=O) groups is 1. The van der Waals surface area contributed by atoms with Crippen LogP contribution in [0, 0.1) is 0 Å². The van der Waals surface area contributed by atoms with Gasteiger partial charge in [0.2, 0.25) is 5.75 Å². The van der Waals surface area contributed by atoms with Crippen molar-refractivity contribution < 1.29 is 19.0 Å². The van der Waals surface area contributed by atoms with Gasteiger partial charge < -0.3 is 14.2 Å². The molecule has 4 aromatic rings. The van der Waals surface area contributed by atoms with E-state index in [1.54, 1.807) is 62.9 Å². The van der Waals surface area contributed by atoms with E-state index in [1.165, 1.54) is 17.4 Å². The second kappa shape index (κ2) is 10.5. The van der Waals surface area contributed by atoms with Crippen LogP contribution < -0.4 is 19.1 Å². The number of benzene rings is 2. The topological polar surface area (TPSA) is 73.8 Å². The molecule has 0 fully saturated rings. The van der Waals surface area contributed by atoms with E-state index in [0.29, 0.717) is 39.5 Å². The smallest absolute Gasteiger partial charge is 0.253 e. The third-order valence-corrected chi connectivity index (χ3v) is 6.37. The van der Waals surface area contributed by atoms with Gasteiger partial charge in [0.15, 0.2) is 16.6 Å². The number of hydrogen-bond acceptors (Lipinski definition) is 7. The maximum atomic E-state index is 13.4. The Morgan fingerprint density at radius 1 is 1.09 bits per heavy atom. The maximum Gasteiger partial charge on any atom is 0.253 e. The van der Waals surface area contributed by atoms with Crippen LogP contribution in [-0.4, -0.2) is 37.2 Å². The molecular weight excluding hydrogens is 474 g/mol. The lowest BCUT2D eigenvalue weighted by Gasteiger charge is -2.18. The first-order valence-electron chi connectivity index (χ1n) is 10.3. The summed E-state index contributed by atoms with van der Waals surface area (Å²) >= 11 is 7.73. The summed E-state index contributed by atoms with van der Waals surface area (Å²) in [6.45, 7) is 0.309. The summed E-state index contributed by atoms with van der Waals surface area (Å²) in [5, 5.41) is 1.09. The summed E-state index contributed by atoms with van der Waals surface area (Å²) in [6, 6.07) is 12.9. The van der Waals surface area contributed by atoms with Gasteiger partial charge in [-0.25, -0.2) is 4.98 Å². The molecule has 4 rings (SSSR count). The molecule has 0 spiro atoms. The lowest BCUT2D eigenvalue weighted by molar-refractivity contribution is -0.114. The number of anilines is 1. The number of nitrogens with zero attached hydrogens (tertiary/aromatic N) is 3. The number of thiazole rings is 1. The van der Waals surface area contributed by atoms with Crippen LogP contribution in [0.15, 0.2) is 60.9 Å². The average Bonchev–Trinajstić information content (AvgIpc) is 3.31. The summed E-state index contributed by atoms with van der Waals surface area (Å²) in [4.78, 5) is 23.8. The molecule has 1 amide bonds. The molecule has 2 aromatic heterocycles. The number of para-hydroxylation sites is 1. The zero-order valence-corrected chi connectivity index (χ0v) is 20.4. The lowest BCUT2D eigenvalue weighted by atomic mass is 10.1. The molecule has 174 valence electrons. The molecule has 0 saturated heterocycles. The normalized spacial score (nSPS) is 11.1. The van der Waals surface area contributed by atoms with Crippen molar-refractivity contribution in [1.29, 1.82) is 0 Å². The molecule has 0 atom stereocenters. The molecule has 0 unspecified atom stereocenters. The minimum Gasteiger partial charge on any atom is -0.493 e. The summed E-state index contributed by atoms with van der Waals surface area (Å²) in [7, 11) is 4.63. The number of hydrogen-bond donors (Lipinski definition) is 0. The molecule has 0 aliphatic rings. The van der Waals surface area contributed by atoms with Gasteiger partial charge in [-0.15, -0.1) is 0 Å². The number of carbonyl (C=O) groups excluding carboxylic acids is 1. The van der Waals surface area contributed by atoms with Crippen LogP contribution >= 0.6 is 22.9 Å². The molecular formula is C25H22ClN3O4S. The molecule has 0 radical (unpaired) electrons. The molecule has 0 aliphatic heterocycles. The highest BCUT2D eigenvalue weighted by molar-refractivity contribution is 7.22. The van der Waals surface area contributed by atoms with Crippen LogP contribution in [0.4, 0.5) is 5.13 Å². The van der Waals surface area contributed by atoms with Gasteiger partial charge >= 0.3 is 0 Å². The number of rotatable bonds is 8. The number of halogens is 1. The number of amides is 1. The zero-order valence-electron chi connectivity index (χ0n) is 18.8. The standard InChI is InChI=1S/C25H22ClN3O4S/c1-31-19-12-16(13-20(32-2)24(19)33-3)9-10-22(30)29(15-17-6-5-11-27-14-17)25-28-23-18(26)7-4-8-21(23)34-25/h4-14H,15H2,1-3H3/b10-9+. The van der Waals surface area contributed by atoms with Crippen LogP contribution in [0.25, 0.3) is 16.3 Å². The van der Waals surface area contributed by atoms with Gasteiger partial charge in [-0.1, -0.05) is 35.1 Å². The van der Waals surface area contributed by atoms with Gasteiger partial charge in [-0.3, -0.25) is 14.7 Å². The highest BCUT2D eigenvalue weighted by Crippen LogP contribution is 2.38. The first kappa shape index (κ1) is 23.5. The summed E-state index contributed by atoms with van der Waals surface area (Å²) < 4.78 is 17.1. The lowest BCUT2D eigenvalue weighted by Crippen LogP contribution is -2.28. The summed E-state index contributed by atoms with van der Waals surface area (Å²) in [5.74, 6) is 1.25. The predicted octanol–water partition coefficient (Wildman–Crippen LogP) is 5.62. The second-order valence-electron chi connectivity index (χ2n) is 7.16. The molecule has 0 N–H and O–H groups in total. The number of methoxy groups -OCH3 is 3. The monoisotopic (exact) mass is 495 g/mol. The highest BCUT2D eigenvalue weighted by Gasteiger charge is 2.20. The Kier molecular flexibility index (Phi) is 7.30. The Morgan fingerprint density at radius 2 is 1.85 bits per heavy atom. The van der Waals surface area contributed by atoms with Crippen molar-refractivity contribution in [2.75, 3.05) is 26.2 Å². The molecule has 7 nitrogen and oxygen atoms in total. The third-order valence-electron chi connectivity index (χ3n) is 5.02. The molecule has 34 heavy (non-hydrogen) atoms. The number of pyridine rings is 1. The van der Waals surface area contributed by atoms with E-state index >= 15 is 0 Å². The van der Waals surface area contributed by atoms with Gasteiger partial charge in [0, 0.05) is 18.5 Å². The Hall–Kier alpha value is -3.62. The highest BCUT2D eigenvalue weighted by atomic mass is 35.5. The fraction of sp³-hybridized carbons (Fsp3) is 0.160. The van der Waals surface area contributed by atoms with Crippen LogP contribution in [-0.2, 0) is 11.3 Å². The van der Waals surface area contributed by atoms with Gasteiger partial charge in [0.25, 0.3) is 5.91 Å². The zero-order chi connectivity index (χ0) is 24.1. The van der Waals surface area contributed by atoms with Crippen molar-refractivity contribution in [1.82, 2.24) is 9.97 Å². The van der Waals surface area contributed by atoms with Crippen molar-refractivity contribution >= 4 is 50.3 Å². The predicted molar refractivity (Wildman–Crippen MR) is 135 cm³/mol. The quantitative estimate of drug-likeness (QED) is 0.295. The molecule has 0 aliphatic carbocycles. The van der Waals surface area contributed by atoms with Crippen LogP contribution in [0.5, 0.6) is 17.2 Å². The third kappa shape index (κ3) is 4.98. The van der Waals surface area contributed by atoms with Crippen molar-refractivity contribution in [3.05, 3.63) is 77.1 Å². The Bertz CT molecular complexity index is 1320. The minimum absolute atomic E-state index is 0.243. The van der Waals surface area contributed by atoms with E-state index in [4.69, 9.17) is 25.8 Å². The summed E-state index contributed by atoms with van der Waals surface area (Å²) in [5.41, 5.74) is 2.26. The number of aromatic nitrogens is 2. The van der Waals surface area contributed by atoms with Gasteiger partial charge in [-0.2, -0.15) is 0 Å². The van der Waals surface area contributed by atoms with Crippen molar-refractivity contribution in [2.24, 2.45) is 0 Å². The van der Waals surface area contributed by atoms with Crippen LogP contribution in [0.1, 0.15) is 11.1 Å². The fourth-order valence-electron chi connectivity index (χ4n) is 3.39. The Labute approximate surface area is 206 Å². The number of ether oxygens (including phenoxy) is 3. The van der Waals surface area contributed by atoms with Crippen molar-refractivity contribution in [3.63, 3.8) is 0 Å². The Morgan fingerprint density at radius 3 is 2.47 bits per heavy atom.